The Balaban J connectivity index is 1.98. The van der Waals surface area contributed by atoms with Crippen LogP contribution in [0.15, 0.2) is 17.0 Å². The Morgan fingerprint density at radius 3 is 2.58 bits per heavy atom. The van der Waals surface area contributed by atoms with E-state index in [4.69, 9.17) is 9.47 Å². The van der Waals surface area contributed by atoms with E-state index in [0.717, 1.165) is 6.07 Å². The monoisotopic (exact) mass is 357 g/mol. The molecule has 9 nitrogen and oxygen atoms in total. The van der Waals surface area contributed by atoms with Gasteiger partial charge < -0.3 is 14.8 Å². The van der Waals surface area contributed by atoms with Crippen LogP contribution in [0.3, 0.4) is 0 Å². The number of benzene rings is 1. The number of nitro groups is 1. The van der Waals surface area contributed by atoms with E-state index >= 15 is 0 Å². The fraction of sp³-hybridized carbons (Fsp3) is 0.571. The SMILES string of the molecule is CC1CNCCC1NS(=O)(=O)c1cc2c(cc1[N+](=O)[O-])OCCO2. The van der Waals surface area contributed by atoms with Crippen molar-refractivity contribution in [2.75, 3.05) is 26.3 Å². The number of nitrogens with zero attached hydrogens (tertiary/aromatic N) is 1. The second-order valence-corrected chi connectivity index (χ2v) is 7.60. The van der Waals surface area contributed by atoms with E-state index in [0.29, 0.717) is 19.5 Å². The fourth-order valence-electron chi connectivity index (χ4n) is 2.87. The molecule has 2 atom stereocenters. The fourth-order valence-corrected chi connectivity index (χ4v) is 4.42. The lowest BCUT2D eigenvalue weighted by atomic mass is 9.97. The average Bonchev–Trinajstić information content (AvgIpc) is 2.55. The number of fused-ring (bicyclic) bond motifs is 1. The number of ether oxygens (including phenoxy) is 2. The van der Waals surface area contributed by atoms with Gasteiger partial charge in [-0.25, -0.2) is 13.1 Å². The summed E-state index contributed by atoms with van der Waals surface area (Å²) in [4.78, 5) is 10.2. The highest BCUT2D eigenvalue weighted by Crippen LogP contribution is 2.38. The first-order valence-electron chi connectivity index (χ1n) is 7.69. The zero-order chi connectivity index (χ0) is 17.3. The molecule has 2 N–H and O–H groups in total. The van der Waals surface area contributed by atoms with Crippen molar-refractivity contribution >= 4 is 15.7 Å². The lowest BCUT2D eigenvalue weighted by Crippen LogP contribution is -2.48. The van der Waals surface area contributed by atoms with Crippen molar-refractivity contribution < 1.29 is 22.8 Å². The largest absolute Gasteiger partial charge is 0.486 e. The molecule has 0 amide bonds. The predicted octanol–water partition coefficient (Wildman–Crippen LogP) is 0.642. The quantitative estimate of drug-likeness (QED) is 0.599. The third-order valence-corrected chi connectivity index (χ3v) is 5.72. The molecule has 0 saturated carbocycles. The summed E-state index contributed by atoms with van der Waals surface area (Å²) in [5, 5.41) is 14.5. The maximum absolute atomic E-state index is 12.7. The molecule has 132 valence electrons. The minimum atomic E-state index is -4.06. The highest BCUT2D eigenvalue weighted by Gasteiger charge is 2.33. The summed E-state index contributed by atoms with van der Waals surface area (Å²) in [6.45, 7) is 3.85. The molecule has 2 aliphatic rings. The molecule has 2 aliphatic heterocycles. The van der Waals surface area contributed by atoms with Crippen molar-refractivity contribution in [2.45, 2.75) is 24.3 Å². The Bertz CT molecular complexity index is 751. The molecule has 10 heteroatoms. The average molecular weight is 357 g/mol. The van der Waals surface area contributed by atoms with Crippen molar-refractivity contribution in [3.63, 3.8) is 0 Å². The number of hydrogen-bond donors (Lipinski definition) is 2. The van der Waals surface area contributed by atoms with Crippen molar-refractivity contribution in [1.82, 2.24) is 10.0 Å². The molecule has 24 heavy (non-hydrogen) atoms. The summed E-state index contributed by atoms with van der Waals surface area (Å²) in [5.74, 6) is 0.470. The lowest BCUT2D eigenvalue weighted by Gasteiger charge is -2.30. The molecule has 0 spiro atoms. The number of nitro benzene ring substituents is 1. The number of sulfonamides is 1. The summed E-state index contributed by atoms with van der Waals surface area (Å²) in [6, 6.07) is 2.00. The van der Waals surface area contributed by atoms with Crippen molar-refractivity contribution in [3.8, 4) is 11.5 Å². The zero-order valence-electron chi connectivity index (χ0n) is 13.1. The zero-order valence-corrected chi connectivity index (χ0v) is 14.0. The summed E-state index contributed by atoms with van der Waals surface area (Å²) < 4.78 is 38.7. The predicted molar refractivity (Wildman–Crippen MR) is 84.8 cm³/mol. The maximum atomic E-state index is 12.7. The van der Waals surface area contributed by atoms with Gasteiger partial charge in [0.05, 0.1) is 11.0 Å². The van der Waals surface area contributed by atoms with Gasteiger partial charge in [0.2, 0.25) is 10.0 Å². The molecule has 0 radical (unpaired) electrons. The molecule has 2 unspecified atom stereocenters. The smallest absolute Gasteiger partial charge is 0.293 e. The molecular weight excluding hydrogens is 338 g/mol. The number of nitrogens with one attached hydrogen (secondary N) is 2. The highest BCUT2D eigenvalue weighted by molar-refractivity contribution is 7.89. The molecule has 1 aromatic carbocycles. The maximum Gasteiger partial charge on any atom is 0.293 e. The van der Waals surface area contributed by atoms with Crippen LogP contribution >= 0.6 is 0 Å². The van der Waals surface area contributed by atoms with Gasteiger partial charge in [0.25, 0.3) is 5.69 Å². The van der Waals surface area contributed by atoms with Crippen LogP contribution in [0.4, 0.5) is 5.69 Å². The Labute approximate surface area is 139 Å². The van der Waals surface area contributed by atoms with E-state index in [1.165, 1.54) is 6.07 Å². The van der Waals surface area contributed by atoms with Crippen molar-refractivity contribution in [1.29, 1.82) is 0 Å². The second kappa shape index (κ2) is 6.54. The van der Waals surface area contributed by atoms with E-state index in [1.54, 1.807) is 0 Å². The van der Waals surface area contributed by atoms with Gasteiger partial charge in [0, 0.05) is 12.1 Å². The topological polar surface area (TPSA) is 120 Å². The van der Waals surface area contributed by atoms with Crippen LogP contribution in [0.5, 0.6) is 11.5 Å². The van der Waals surface area contributed by atoms with E-state index in [-0.39, 0.29) is 36.7 Å². The van der Waals surface area contributed by atoms with Crippen LogP contribution in [0.1, 0.15) is 13.3 Å². The molecule has 0 aromatic heterocycles. The van der Waals surface area contributed by atoms with Gasteiger partial charge in [-0.3, -0.25) is 10.1 Å². The van der Waals surface area contributed by atoms with Crippen LogP contribution in [0.2, 0.25) is 0 Å². The van der Waals surface area contributed by atoms with Crippen molar-refractivity contribution in [2.24, 2.45) is 5.92 Å². The number of rotatable bonds is 4. The van der Waals surface area contributed by atoms with Crippen LogP contribution in [-0.4, -0.2) is 45.7 Å². The van der Waals surface area contributed by atoms with Gasteiger partial charge in [0.15, 0.2) is 16.4 Å². The summed E-state index contributed by atoms with van der Waals surface area (Å²) >= 11 is 0. The van der Waals surface area contributed by atoms with Gasteiger partial charge in [-0.1, -0.05) is 6.92 Å². The van der Waals surface area contributed by atoms with Crippen molar-refractivity contribution in [3.05, 3.63) is 22.2 Å². The van der Waals surface area contributed by atoms with Crippen LogP contribution in [0, 0.1) is 16.0 Å². The Morgan fingerprint density at radius 2 is 1.96 bits per heavy atom. The summed E-state index contributed by atoms with van der Waals surface area (Å²) in [7, 11) is -4.06. The van der Waals surface area contributed by atoms with Gasteiger partial charge in [-0.2, -0.15) is 0 Å². The second-order valence-electron chi connectivity index (χ2n) is 5.92. The molecule has 1 aromatic rings. The van der Waals surface area contributed by atoms with Crippen LogP contribution in [-0.2, 0) is 10.0 Å². The number of piperidine rings is 1. The van der Waals surface area contributed by atoms with E-state index in [2.05, 4.69) is 10.0 Å². The van der Waals surface area contributed by atoms with Crippen LogP contribution < -0.4 is 19.5 Å². The molecule has 3 rings (SSSR count). The van der Waals surface area contributed by atoms with Gasteiger partial charge >= 0.3 is 0 Å². The first-order chi connectivity index (χ1) is 11.4. The third-order valence-electron chi connectivity index (χ3n) is 4.20. The van der Waals surface area contributed by atoms with E-state index in [1.807, 2.05) is 6.92 Å². The molecule has 1 fully saturated rings. The minimum absolute atomic E-state index is 0.0878. The Hall–Kier alpha value is -1.91. The van der Waals surface area contributed by atoms with E-state index in [9.17, 15) is 18.5 Å². The summed E-state index contributed by atoms with van der Waals surface area (Å²) in [5.41, 5.74) is -0.520. The first kappa shape index (κ1) is 16.9. The third kappa shape index (κ3) is 3.30. The Morgan fingerprint density at radius 1 is 1.29 bits per heavy atom. The van der Waals surface area contributed by atoms with Gasteiger partial charge in [-0.05, 0) is 25.4 Å². The molecule has 0 bridgehead atoms. The highest BCUT2D eigenvalue weighted by atomic mass is 32.2. The minimum Gasteiger partial charge on any atom is -0.486 e. The lowest BCUT2D eigenvalue weighted by molar-refractivity contribution is -0.388. The van der Waals surface area contributed by atoms with Gasteiger partial charge in [-0.15, -0.1) is 0 Å². The Kier molecular flexibility index (Phi) is 4.61. The van der Waals surface area contributed by atoms with Crippen LogP contribution in [0.25, 0.3) is 0 Å². The summed E-state index contributed by atoms with van der Waals surface area (Å²) in [6.07, 6.45) is 0.624. The normalized spacial score (nSPS) is 23.7. The molecule has 0 aliphatic carbocycles. The molecule has 1 saturated heterocycles. The first-order valence-corrected chi connectivity index (χ1v) is 9.18. The van der Waals surface area contributed by atoms with E-state index < -0.39 is 25.5 Å². The standard InChI is InChI=1S/C14H19N3O6S/c1-9-8-15-3-2-10(9)16-24(20,21)14-7-13-12(22-4-5-23-13)6-11(14)17(18)19/h6-7,9-10,15-16H,2-5,8H2,1H3. The van der Waals surface area contributed by atoms with Gasteiger partial charge in [0.1, 0.15) is 13.2 Å². The number of hydrogen-bond acceptors (Lipinski definition) is 7. The molecule has 2 heterocycles. The molecular formula is C14H19N3O6S.